The molecule has 0 bridgehead atoms. The summed E-state index contributed by atoms with van der Waals surface area (Å²) in [4.78, 5) is 10.2. The number of aromatic nitrogens is 4. The average molecular weight is 623 g/mol. The Kier molecular flexibility index (Phi) is 5.35. The van der Waals surface area contributed by atoms with Crippen LogP contribution in [0.3, 0.4) is 0 Å². The van der Waals surface area contributed by atoms with E-state index in [-0.39, 0.29) is 0 Å². The summed E-state index contributed by atoms with van der Waals surface area (Å²) in [5.74, 6) is 0. The van der Waals surface area contributed by atoms with Gasteiger partial charge in [-0.05, 0) is 91.0 Å². The molecule has 0 atom stereocenters. The second-order valence-corrected chi connectivity index (χ2v) is 12.8. The Balaban J connectivity index is 1.15. The molecule has 0 saturated heterocycles. The van der Waals surface area contributed by atoms with Crippen LogP contribution in [0.15, 0.2) is 158 Å². The summed E-state index contributed by atoms with van der Waals surface area (Å²) in [5.41, 5.74) is 10.5. The van der Waals surface area contributed by atoms with Crippen LogP contribution >= 0.6 is 0 Å². The van der Waals surface area contributed by atoms with Crippen molar-refractivity contribution in [2.24, 2.45) is 0 Å². The summed E-state index contributed by atoms with van der Waals surface area (Å²) < 4.78 is 2.01. The molecule has 0 fully saturated rings. The molecule has 0 N–H and O–H groups in total. The summed E-state index contributed by atoms with van der Waals surface area (Å²) in [6, 6.07) is 54.2. The predicted molar refractivity (Wildman–Crippen MR) is 203 cm³/mol. The molecule has 0 amide bonds. The quantitative estimate of drug-likeness (QED) is 0.184. The van der Waals surface area contributed by atoms with Gasteiger partial charge < -0.3 is 0 Å². The molecule has 0 radical (unpaired) electrons. The lowest BCUT2D eigenvalue weighted by atomic mass is 9.86. The third-order valence-corrected chi connectivity index (χ3v) is 10.2. The summed E-state index contributed by atoms with van der Waals surface area (Å²) in [5, 5.41) is 15.8. The Labute approximate surface area is 280 Å². The molecule has 11 aromatic rings. The molecular weight excluding hydrogens is 597 g/mol. The van der Waals surface area contributed by atoms with Crippen molar-refractivity contribution in [3.8, 4) is 33.6 Å². The Morgan fingerprint density at radius 2 is 1.16 bits per heavy atom. The van der Waals surface area contributed by atoms with Crippen molar-refractivity contribution in [2.45, 2.75) is 0 Å². The Morgan fingerprint density at radius 3 is 2.02 bits per heavy atom. The van der Waals surface area contributed by atoms with E-state index < -0.39 is 0 Å². The highest BCUT2D eigenvalue weighted by molar-refractivity contribution is 6.28. The van der Waals surface area contributed by atoms with Gasteiger partial charge >= 0.3 is 0 Å². The molecule has 11 rings (SSSR count). The molecular formula is C45H26N4. The molecule has 4 heterocycles. The van der Waals surface area contributed by atoms with E-state index in [9.17, 15) is 0 Å². The van der Waals surface area contributed by atoms with E-state index in [1.165, 1.54) is 49.0 Å². The number of nitrogens with zero attached hydrogens (tertiary/aromatic N) is 4. The molecule has 226 valence electrons. The highest BCUT2D eigenvalue weighted by atomic mass is 15.2. The molecule has 0 aliphatic carbocycles. The smallest absolute Gasteiger partial charge is 0.0973 e. The normalized spacial score (nSPS) is 12.1. The van der Waals surface area contributed by atoms with Crippen molar-refractivity contribution in [3.63, 3.8) is 0 Å². The molecule has 4 nitrogen and oxygen atoms in total. The van der Waals surface area contributed by atoms with Gasteiger partial charge in [0.1, 0.15) is 0 Å². The van der Waals surface area contributed by atoms with Crippen molar-refractivity contribution >= 4 is 70.5 Å². The molecule has 7 aromatic carbocycles. The first-order valence-corrected chi connectivity index (χ1v) is 16.6. The minimum absolute atomic E-state index is 0.863. The van der Waals surface area contributed by atoms with Gasteiger partial charge in [0.2, 0.25) is 0 Å². The van der Waals surface area contributed by atoms with Crippen LogP contribution in [-0.4, -0.2) is 19.6 Å². The number of rotatable bonds is 3. The third-order valence-electron chi connectivity index (χ3n) is 10.2. The lowest BCUT2D eigenvalue weighted by molar-refractivity contribution is 0.984. The zero-order chi connectivity index (χ0) is 32.1. The molecule has 4 heteroatoms. The van der Waals surface area contributed by atoms with Gasteiger partial charge in [-0.2, -0.15) is 5.10 Å². The fourth-order valence-corrected chi connectivity index (χ4v) is 7.98. The number of pyridine rings is 3. The molecule has 4 aromatic heterocycles. The Hall–Kier alpha value is -6.65. The maximum atomic E-state index is 5.27. The first kappa shape index (κ1) is 26.4. The SMILES string of the molecule is c1ccc(-c2ccc3ccc4c(-c5cc6ccc(-c7cccc8c9ccccc9nn78)nc6c6ncccc56)ccc5ccc2c3c54)cc1. The van der Waals surface area contributed by atoms with Crippen molar-refractivity contribution < 1.29 is 0 Å². The zero-order valence-corrected chi connectivity index (χ0v) is 26.3. The Bertz CT molecular complexity index is 3100. The molecule has 0 unspecified atom stereocenters. The van der Waals surface area contributed by atoms with Gasteiger partial charge in [0.05, 0.1) is 33.5 Å². The fourth-order valence-electron chi connectivity index (χ4n) is 7.98. The van der Waals surface area contributed by atoms with Gasteiger partial charge in [0, 0.05) is 22.4 Å². The van der Waals surface area contributed by atoms with Crippen LogP contribution in [0.4, 0.5) is 0 Å². The first-order valence-electron chi connectivity index (χ1n) is 16.6. The van der Waals surface area contributed by atoms with Crippen LogP contribution < -0.4 is 0 Å². The summed E-state index contributed by atoms with van der Waals surface area (Å²) in [6.45, 7) is 0. The van der Waals surface area contributed by atoms with Crippen molar-refractivity contribution in [1.29, 1.82) is 0 Å². The largest absolute Gasteiger partial charge is 0.254 e. The second-order valence-electron chi connectivity index (χ2n) is 12.8. The van der Waals surface area contributed by atoms with Gasteiger partial charge in [-0.15, -0.1) is 0 Å². The van der Waals surface area contributed by atoms with Gasteiger partial charge in [-0.1, -0.05) is 115 Å². The van der Waals surface area contributed by atoms with E-state index in [4.69, 9.17) is 15.1 Å². The van der Waals surface area contributed by atoms with E-state index in [0.717, 1.165) is 55.2 Å². The lowest BCUT2D eigenvalue weighted by Gasteiger charge is -2.18. The number of benzene rings is 7. The maximum absolute atomic E-state index is 5.27. The van der Waals surface area contributed by atoms with Crippen LogP contribution in [0.5, 0.6) is 0 Å². The molecule has 0 spiro atoms. The van der Waals surface area contributed by atoms with Crippen molar-refractivity contribution in [2.75, 3.05) is 0 Å². The molecule has 0 aliphatic heterocycles. The van der Waals surface area contributed by atoms with Crippen molar-refractivity contribution in [3.05, 3.63) is 158 Å². The van der Waals surface area contributed by atoms with E-state index in [1.54, 1.807) is 0 Å². The molecule has 49 heavy (non-hydrogen) atoms. The topological polar surface area (TPSA) is 43.1 Å². The standard InChI is InChI=1S/C45H26N4/c1-2-8-27(9-3-1)31-20-15-28-18-23-34-32(21-16-29-17-22-33(31)42(28)43(29)34)37-26-30-19-24-39(47-44(30)45-35(37)11-7-25-46-45)41-14-6-13-40-36-10-4-5-12-38(36)48-49(40)41/h1-26H. The van der Waals surface area contributed by atoms with E-state index in [0.29, 0.717) is 0 Å². The summed E-state index contributed by atoms with van der Waals surface area (Å²) in [7, 11) is 0. The third kappa shape index (κ3) is 3.77. The molecule has 0 aliphatic rings. The van der Waals surface area contributed by atoms with Gasteiger partial charge in [0.15, 0.2) is 0 Å². The minimum Gasteiger partial charge on any atom is -0.254 e. The van der Waals surface area contributed by atoms with Crippen LogP contribution in [-0.2, 0) is 0 Å². The predicted octanol–water partition coefficient (Wildman–Crippen LogP) is 11.5. The van der Waals surface area contributed by atoms with Crippen LogP contribution in [0.2, 0.25) is 0 Å². The molecule has 0 saturated carbocycles. The highest BCUT2D eigenvalue weighted by Gasteiger charge is 2.18. The fraction of sp³-hybridized carbons (Fsp3) is 0. The number of hydrogen-bond acceptors (Lipinski definition) is 3. The monoisotopic (exact) mass is 622 g/mol. The maximum Gasteiger partial charge on any atom is 0.0973 e. The zero-order valence-electron chi connectivity index (χ0n) is 26.3. The lowest BCUT2D eigenvalue weighted by Crippen LogP contribution is -1.97. The van der Waals surface area contributed by atoms with Gasteiger partial charge in [0.25, 0.3) is 0 Å². The van der Waals surface area contributed by atoms with Crippen LogP contribution in [0.25, 0.3) is 104 Å². The average Bonchev–Trinajstić information content (AvgIpc) is 3.56. The van der Waals surface area contributed by atoms with Crippen LogP contribution in [0.1, 0.15) is 0 Å². The van der Waals surface area contributed by atoms with E-state index in [1.807, 2.05) is 22.8 Å². The minimum atomic E-state index is 0.863. The van der Waals surface area contributed by atoms with Gasteiger partial charge in [-0.25, -0.2) is 9.50 Å². The van der Waals surface area contributed by atoms with Crippen LogP contribution in [0, 0.1) is 0 Å². The summed E-state index contributed by atoms with van der Waals surface area (Å²) >= 11 is 0. The summed E-state index contributed by atoms with van der Waals surface area (Å²) in [6.07, 6.45) is 1.87. The number of hydrogen-bond donors (Lipinski definition) is 0. The first-order chi connectivity index (χ1) is 24.3. The van der Waals surface area contributed by atoms with Gasteiger partial charge in [-0.3, -0.25) is 4.98 Å². The van der Waals surface area contributed by atoms with E-state index >= 15 is 0 Å². The van der Waals surface area contributed by atoms with Crippen molar-refractivity contribution in [1.82, 2.24) is 19.6 Å². The van der Waals surface area contributed by atoms with E-state index in [2.05, 4.69) is 140 Å². The Morgan fingerprint density at radius 1 is 0.449 bits per heavy atom. The second kappa shape index (κ2) is 9.93. The highest BCUT2D eigenvalue weighted by Crippen LogP contribution is 2.44. The number of fused-ring (bicyclic) bond motifs is 6.